The summed E-state index contributed by atoms with van der Waals surface area (Å²) in [6, 6.07) is 13.1. The summed E-state index contributed by atoms with van der Waals surface area (Å²) in [5.74, 6) is -0.243. The summed E-state index contributed by atoms with van der Waals surface area (Å²) in [4.78, 5) is 11.9. The van der Waals surface area contributed by atoms with Gasteiger partial charge in [0.25, 0.3) is 0 Å². The molecular formula is C27H22FN5. The maximum absolute atomic E-state index is 14.1. The normalized spacial score (nSPS) is 12.6. The molecule has 33 heavy (non-hydrogen) atoms. The Morgan fingerprint density at radius 2 is 2.00 bits per heavy atom. The average molecular weight is 436 g/mol. The van der Waals surface area contributed by atoms with Crippen LogP contribution in [-0.2, 0) is 0 Å². The summed E-state index contributed by atoms with van der Waals surface area (Å²) in [6.45, 7) is 8.01. The number of aromatic nitrogens is 5. The number of hydrogen-bond acceptors (Lipinski definition) is 3. The second-order valence-corrected chi connectivity index (χ2v) is 7.92. The monoisotopic (exact) mass is 435 g/mol. The van der Waals surface area contributed by atoms with E-state index in [4.69, 9.17) is 0 Å². The fraction of sp³-hybridized carbons (Fsp3) is 0.0741. The minimum atomic E-state index is -0.243. The summed E-state index contributed by atoms with van der Waals surface area (Å²) in [7, 11) is 0. The molecular weight excluding hydrogens is 413 g/mol. The van der Waals surface area contributed by atoms with Crippen molar-refractivity contribution in [3.63, 3.8) is 0 Å². The fourth-order valence-corrected chi connectivity index (χ4v) is 4.08. The molecule has 0 saturated carbocycles. The highest BCUT2D eigenvalue weighted by Crippen LogP contribution is 2.32. The Hall–Kier alpha value is -4.32. The van der Waals surface area contributed by atoms with Crippen LogP contribution in [-0.4, -0.2) is 25.1 Å². The van der Waals surface area contributed by atoms with Gasteiger partial charge in [-0.15, -0.1) is 0 Å². The van der Waals surface area contributed by atoms with Crippen molar-refractivity contribution in [2.75, 3.05) is 0 Å². The van der Waals surface area contributed by atoms with Crippen molar-refractivity contribution in [1.29, 1.82) is 0 Å². The first-order chi connectivity index (χ1) is 16.0. The Morgan fingerprint density at radius 3 is 2.76 bits per heavy atom. The van der Waals surface area contributed by atoms with Crippen molar-refractivity contribution in [2.24, 2.45) is 0 Å². The molecule has 2 aromatic carbocycles. The van der Waals surface area contributed by atoms with Crippen LogP contribution in [0.15, 0.2) is 67.6 Å². The van der Waals surface area contributed by atoms with Crippen molar-refractivity contribution in [3.8, 4) is 22.5 Å². The molecule has 6 heteroatoms. The molecule has 5 rings (SSSR count). The minimum Gasteiger partial charge on any atom is -0.353 e. The van der Waals surface area contributed by atoms with Crippen molar-refractivity contribution in [1.82, 2.24) is 25.1 Å². The number of nitrogens with one attached hydrogen (secondary N) is 2. The second kappa shape index (κ2) is 8.31. The number of halogens is 1. The zero-order valence-electron chi connectivity index (χ0n) is 18.4. The van der Waals surface area contributed by atoms with Crippen LogP contribution in [0.25, 0.3) is 51.1 Å². The summed E-state index contributed by atoms with van der Waals surface area (Å²) in [5, 5.41) is 10.5. The lowest BCUT2D eigenvalue weighted by molar-refractivity contribution is 0.627. The molecule has 0 spiro atoms. The smallest absolute Gasteiger partial charge is 0.124 e. The van der Waals surface area contributed by atoms with Crippen LogP contribution in [0.1, 0.15) is 18.2 Å². The molecule has 0 atom stereocenters. The van der Waals surface area contributed by atoms with Crippen LogP contribution in [0, 0.1) is 12.7 Å². The fourth-order valence-electron chi connectivity index (χ4n) is 4.08. The molecule has 3 aromatic heterocycles. The summed E-state index contributed by atoms with van der Waals surface area (Å²) >= 11 is 0. The van der Waals surface area contributed by atoms with Gasteiger partial charge in [0.2, 0.25) is 0 Å². The summed E-state index contributed by atoms with van der Waals surface area (Å²) < 4.78 is 14.1. The summed E-state index contributed by atoms with van der Waals surface area (Å²) in [5.41, 5.74) is 6.70. The van der Waals surface area contributed by atoms with Gasteiger partial charge in [-0.2, -0.15) is 5.10 Å². The molecule has 0 saturated heterocycles. The molecule has 5 nitrogen and oxygen atoms in total. The predicted octanol–water partition coefficient (Wildman–Crippen LogP) is 4.76. The quantitative estimate of drug-likeness (QED) is 0.428. The van der Waals surface area contributed by atoms with Crippen molar-refractivity contribution in [3.05, 3.63) is 95.3 Å². The van der Waals surface area contributed by atoms with Gasteiger partial charge in [-0.1, -0.05) is 30.9 Å². The highest BCUT2D eigenvalue weighted by molar-refractivity contribution is 5.98. The van der Waals surface area contributed by atoms with E-state index in [-0.39, 0.29) is 5.82 Å². The topological polar surface area (TPSA) is 70.2 Å². The van der Waals surface area contributed by atoms with E-state index < -0.39 is 0 Å². The molecule has 0 aliphatic carbocycles. The van der Waals surface area contributed by atoms with Crippen LogP contribution >= 0.6 is 0 Å². The number of hydrogen-bond donors (Lipinski definition) is 2. The Bertz CT molecular complexity index is 1590. The molecule has 0 aliphatic rings. The number of nitrogens with zero attached hydrogens (tertiary/aromatic N) is 3. The van der Waals surface area contributed by atoms with E-state index in [1.807, 2.05) is 50.3 Å². The number of benzene rings is 2. The van der Waals surface area contributed by atoms with Gasteiger partial charge in [0, 0.05) is 28.5 Å². The average Bonchev–Trinajstić information content (AvgIpc) is 3.42. The first-order valence-electron chi connectivity index (χ1n) is 10.6. The lowest BCUT2D eigenvalue weighted by atomic mass is 9.99. The molecule has 0 radical (unpaired) electrons. The highest BCUT2D eigenvalue weighted by Gasteiger charge is 2.13. The largest absolute Gasteiger partial charge is 0.353 e. The van der Waals surface area contributed by atoms with E-state index >= 15 is 0 Å². The first-order valence-corrected chi connectivity index (χ1v) is 10.6. The predicted molar refractivity (Wildman–Crippen MR) is 131 cm³/mol. The van der Waals surface area contributed by atoms with Gasteiger partial charge >= 0.3 is 0 Å². The molecule has 0 aliphatic heterocycles. The van der Waals surface area contributed by atoms with Crippen LogP contribution < -0.4 is 10.6 Å². The lowest BCUT2D eigenvalue weighted by Crippen LogP contribution is -2.23. The molecule has 162 valence electrons. The van der Waals surface area contributed by atoms with Gasteiger partial charge in [-0.3, -0.25) is 15.1 Å². The van der Waals surface area contributed by atoms with Crippen molar-refractivity contribution in [2.45, 2.75) is 13.8 Å². The number of rotatable bonds is 4. The first kappa shape index (κ1) is 20.6. The third-order valence-electron chi connectivity index (χ3n) is 5.61. The summed E-state index contributed by atoms with van der Waals surface area (Å²) in [6.07, 6.45) is 8.89. The van der Waals surface area contributed by atoms with Crippen LogP contribution in [0.4, 0.5) is 4.39 Å². The molecule has 0 unspecified atom stereocenters. The standard InChI is InChI=1S/C27H22FN5/c1-4-23-22(12-17(3)26-15-29-8-9-30-26)27(33-32-23)25-14-21-20(6-5-7-24(21)31-25)18-10-16(2)11-19(28)13-18/h4-15,31-32H,3H2,1-2H3/b22-12+,23-4+. The van der Waals surface area contributed by atoms with Crippen LogP contribution in [0.2, 0.25) is 0 Å². The van der Waals surface area contributed by atoms with E-state index in [1.54, 1.807) is 24.7 Å². The maximum Gasteiger partial charge on any atom is 0.124 e. The minimum absolute atomic E-state index is 0.243. The van der Waals surface area contributed by atoms with Crippen LogP contribution in [0.5, 0.6) is 0 Å². The van der Waals surface area contributed by atoms with Gasteiger partial charge in [0.1, 0.15) is 11.5 Å². The zero-order valence-corrected chi connectivity index (χ0v) is 18.4. The third-order valence-corrected chi connectivity index (χ3v) is 5.61. The van der Waals surface area contributed by atoms with Gasteiger partial charge in [-0.25, -0.2) is 4.39 Å². The number of allylic oxidation sites excluding steroid dienone is 1. The molecule has 2 N–H and O–H groups in total. The van der Waals surface area contributed by atoms with E-state index in [9.17, 15) is 4.39 Å². The van der Waals surface area contributed by atoms with Gasteiger partial charge in [0.15, 0.2) is 0 Å². The van der Waals surface area contributed by atoms with Crippen molar-refractivity contribution >= 4 is 28.6 Å². The van der Waals surface area contributed by atoms with E-state index in [0.717, 1.165) is 55.1 Å². The molecule has 3 heterocycles. The molecule has 0 bridgehead atoms. The second-order valence-electron chi connectivity index (χ2n) is 7.92. The SMILES string of the molecule is C=C(/C=c1/c(-c2cc3c(-c4cc(C)cc(F)c4)cccc3[nH]2)n[nH]/c1=C/C)c1cnccn1. The van der Waals surface area contributed by atoms with Gasteiger partial charge in [-0.05, 0) is 66.5 Å². The van der Waals surface area contributed by atoms with E-state index in [0.29, 0.717) is 5.69 Å². The molecule has 0 fully saturated rings. The molecule has 5 aromatic rings. The Labute approximate surface area is 190 Å². The number of fused-ring (bicyclic) bond motifs is 1. The Morgan fingerprint density at radius 1 is 1.12 bits per heavy atom. The number of aromatic amines is 2. The van der Waals surface area contributed by atoms with E-state index in [2.05, 4.69) is 37.8 Å². The van der Waals surface area contributed by atoms with Crippen LogP contribution in [0.3, 0.4) is 0 Å². The van der Waals surface area contributed by atoms with Gasteiger partial charge in [0.05, 0.1) is 22.9 Å². The maximum atomic E-state index is 14.1. The van der Waals surface area contributed by atoms with Gasteiger partial charge < -0.3 is 4.98 Å². The Kier molecular flexibility index (Phi) is 5.18. The highest BCUT2D eigenvalue weighted by atomic mass is 19.1. The van der Waals surface area contributed by atoms with E-state index in [1.165, 1.54) is 6.07 Å². The third kappa shape index (κ3) is 3.87. The number of aryl methyl sites for hydroxylation is 1. The Balaban J connectivity index is 1.68. The molecule has 0 amide bonds. The zero-order chi connectivity index (χ0) is 22.9. The number of H-pyrrole nitrogens is 2. The van der Waals surface area contributed by atoms with Crippen molar-refractivity contribution < 1.29 is 4.39 Å². The lowest BCUT2D eigenvalue weighted by Gasteiger charge is -2.05.